The molecule has 0 aliphatic carbocycles. The molecule has 18 heavy (non-hydrogen) atoms. The molecule has 0 radical (unpaired) electrons. The summed E-state index contributed by atoms with van der Waals surface area (Å²) in [6.07, 6.45) is 0. The Bertz CT molecular complexity index is 554. The van der Waals surface area contributed by atoms with Crippen molar-refractivity contribution in [2.24, 2.45) is 0 Å². The maximum Gasteiger partial charge on any atom is 0.161 e. The summed E-state index contributed by atoms with van der Waals surface area (Å²) in [5, 5.41) is 34.4. The van der Waals surface area contributed by atoms with Crippen LogP contribution in [0.4, 0.5) is 8.78 Å². The van der Waals surface area contributed by atoms with Crippen molar-refractivity contribution in [3.05, 3.63) is 34.9 Å². The molecule has 0 N–H and O–H groups in total. The molecular formula is C12H4F2N4. The van der Waals surface area contributed by atoms with Crippen molar-refractivity contribution in [2.75, 3.05) is 0 Å². The van der Waals surface area contributed by atoms with Crippen LogP contribution in [-0.4, -0.2) is 0 Å². The molecule has 4 nitrogen and oxygen atoms in total. The minimum atomic E-state index is -1.43. The molecule has 0 spiro atoms. The van der Waals surface area contributed by atoms with Crippen molar-refractivity contribution in [1.29, 1.82) is 21.0 Å². The lowest BCUT2D eigenvalue weighted by atomic mass is 9.95. The minimum absolute atomic E-state index is 0.407. The first-order valence-corrected chi connectivity index (χ1v) is 4.66. The van der Waals surface area contributed by atoms with Gasteiger partial charge in [0.25, 0.3) is 0 Å². The van der Waals surface area contributed by atoms with Gasteiger partial charge in [-0.25, -0.2) is 8.78 Å². The lowest BCUT2D eigenvalue weighted by Gasteiger charge is -2.08. The van der Waals surface area contributed by atoms with Crippen LogP contribution in [0.3, 0.4) is 0 Å². The Labute approximate surface area is 102 Å². The Balaban J connectivity index is 3.41. The van der Waals surface area contributed by atoms with Crippen LogP contribution in [-0.2, 0) is 0 Å². The topological polar surface area (TPSA) is 95.2 Å². The summed E-state index contributed by atoms with van der Waals surface area (Å²) in [5.74, 6) is -4.85. The predicted octanol–water partition coefficient (Wildman–Crippen LogP) is 2.23. The molecule has 0 unspecified atom stereocenters. The van der Waals surface area contributed by atoms with Crippen LogP contribution in [0.1, 0.15) is 23.0 Å². The summed E-state index contributed by atoms with van der Waals surface area (Å²) >= 11 is 0. The van der Waals surface area contributed by atoms with Gasteiger partial charge in [-0.2, -0.15) is 21.0 Å². The largest absolute Gasteiger partial charge is 0.207 e. The maximum atomic E-state index is 13.6. The van der Waals surface area contributed by atoms with E-state index in [1.807, 2.05) is 0 Å². The van der Waals surface area contributed by atoms with Gasteiger partial charge in [-0.1, -0.05) is 0 Å². The van der Waals surface area contributed by atoms with Gasteiger partial charge in [0.2, 0.25) is 0 Å². The van der Waals surface area contributed by atoms with E-state index in [2.05, 4.69) is 0 Å². The molecule has 0 saturated carbocycles. The van der Waals surface area contributed by atoms with Gasteiger partial charge in [0.1, 0.15) is 11.6 Å². The van der Waals surface area contributed by atoms with Crippen molar-refractivity contribution < 1.29 is 8.78 Å². The molecule has 0 heterocycles. The Kier molecular flexibility index (Phi) is 3.93. The molecule has 1 aromatic carbocycles. The summed E-state index contributed by atoms with van der Waals surface area (Å²) in [6, 6.07) is 7.40. The highest BCUT2D eigenvalue weighted by atomic mass is 19.1. The fourth-order valence-electron chi connectivity index (χ4n) is 1.36. The quantitative estimate of drug-likeness (QED) is 0.794. The van der Waals surface area contributed by atoms with Gasteiger partial charge in [0.05, 0.1) is 24.3 Å². The summed E-state index contributed by atoms with van der Waals surface area (Å²) in [4.78, 5) is 0. The van der Waals surface area contributed by atoms with Gasteiger partial charge < -0.3 is 0 Å². The van der Waals surface area contributed by atoms with Crippen LogP contribution in [0.15, 0.2) is 12.1 Å². The number of rotatable bonds is 2. The summed E-state index contributed by atoms with van der Waals surface area (Å²) < 4.78 is 27.2. The number of hydrogen-bond donors (Lipinski definition) is 0. The van der Waals surface area contributed by atoms with E-state index in [4.69, 9.17) is 21.0 Å². The molecule has 0 fully saturated rings. The second-order valence-electron chi connectivity index (χ2n) is 3.28. The van der Waals surface area contributed by atoms with Crippen LogP contribution in [0.2, 0.25) is 0 Å². The van der Waals surface area contributed by atoms with E-state index in [0.29, 0.717) is 12.1 Å². The van der Waals surface area contributed by atoms with Gasteiger partial charge in [-0.3, -0.25) is 0 Å². The monoisotopic (exact) mass is 242 g/mol. The summed E-state index contributed by atoms with van der Waals surface area (Å²) in [5.41, 5.74) is -0.813. The smallest absolute Gasteiger partial charge is 0.161 e. The molecule has 0 aliphatic heterocycles. The molecule has 0 atom stereocenters. The Morgan fingerprint density at radius 1 is 0.722 bits per heavy atom. The standard InChI is InChI=1S/C12H4F2N4/c13-11-1-9(7(3-15)4-16)12(14)2-10(11)8(5-17)6-18/h1-2,7-8H. The van der Waals surface area contributed by atoms with Crippen molar-refractivity contribution in [3.63, 3.8) is 0 Å². The van der Waals surface area contributed by atoms with Crippen LogP contribution in [0, 0.1) is 57.0 Å². The predicted molar refractivity (Wildman–Crippen MR) is 54.3 cm³/mol. The number of benzene rings is 1. The molecule has 0 aromatic heterocycles. The van der Waals surface area contributed by atoms with Crippen molar-refractivity contribution in [2.45, 2.75) is 11.8 Å². The zero-order valence-corrected chi connectivity index (χ0v) is 8.85. The molecule has 0 amide bonds. The highest BCUT2D eigenvalue weighted by Crippen LogP contribution is 2.26. The summed E-state index contributed by atoms with van der Waals surface area (Å²) in [6.45, 7) is 0. The molecule has 0 aliphatic rings. The SMILES string of the molecule is N#CC(C#N)c1cc(F)c(C(C#N)C#N)cc1F. The second-order valence-corrected chi connectivity index (χ2v) is 3.28. The van der Waals surface area contributed by atoms with Crippen molar-refractivity contribution >= 4 is 0 Å². The fraction of sp³-hybridized carbons (Fsp3) is 0.167. The summed E-state index contributed by atoms with van der Waals surface area (Å²) in [7, 11) is 0. The second kappa shape index (κ2) is 5.39. The van der Waals surface area contributed by atoms with E-state index in [-0.39, 0.29) is 0 Å². The molecule has 86 valence electrons. The molecule has 1 aromatic rings. The third-order valence-electron chi connectivity index (χ3n) is 2.25. The van der Waals surface area contributed by atoms with Crippen LogP contribution >= 0.6 is 0 Å². The first-order valence-electron chi connectivity index (χ1n) is 4.66. The van der Waals surface area contributed by atoms with Crippen LogP contribution in [0.5, 0.6) is 0 Å². The number of hydrogen-bond acceptors (Lipinski definition) is 4. The van der Waals surface area contributed by atoms with E-state index in [1.165, 1.54) is 24.3 Å². The van der Waals surface area contributed by atoms with Crippen molar-refractivity contribution in [1.82, 2.24) is 0 Å². The van der Waals surface area contributed by atoms with Gasteiger partial charge in [-0.15, -0.1) is 0 Å². The third-order valence-corrected chi connectivity index (χ3v) is 2.25. The number of nitriles is 4. The van der Waals surface area contributed by atoms with Crippen LogP contribution in [0.25, 0.3) is 0 Å². The average molecular weight is 242 g/mol. The van der Waals surface area contributed by atoms with E-state index >= 15 is 0 Å². The lowest BCUT2D eigenvalue weighted by Crippen LogP contribution is -2.03. The molecule has 6 heteroatoms. The van der Waals surface area contributed by atoms with E-state index in [9.17, 15) is 8.78 Å². The van der Waals surface area contributed by atoms with Gasteiger partial charge >= 0.3 is 0 Å². The normalized spacial score (nSPS) is 9.33. The molecule has 0 bridgehead atoms. The first-order chi connectivity index (χ1) is 8.58. The Morgan fingerprint density at radius 2 is 1.00 bits per heavy atom. The Hall–Kier alpha value is -2.96. The number of nitrogens with zero attached hydrogens (tertiary/aromatic N) is 4. The minimum Gasteiger partial charge on any atom is -0.207 e. The lowest BCUT2D eigenvalue weighted by molar-refractivity contribution is 0.574. The number of halogens is 2. The van der Waals surface area contributed by atoms with Crippen molar-refractivity contribution in [3.8, 4) is 24.3 Å². The maximum absolute atomic E-state index is 13.6. The zero-order chi connectivity index (χ0) is 13.7. The third kappa shape index (κ3) is 2.24. The fourth-order valence-corrected chi connectivity index (χ4v) is 1.36. The van der Waals surface area contributed by atoms with Crippen LogP contribution < -0.4 is 0 Å². The molecule has 0 saturated heterocycles. The Morgan fingerprint density at radius 3 is 1.22 bits per heavy atom. The van der Waals surface area contributed by atoms with Gasteiger partial charge in [0.15, 0.2) is 11.8 Å². The molecule has 1 rings (SSSR count). The zero-order valence-electron chi connectivity index (χ0n) is 8.85. The first kappa shape index (κ1) is 13.1. The average Bonchev–Trinajstić information content (AvgIpc) is 2.37. The van der Waals surface area contributed by atoms with E-state index in [1.54, 1.807) is 0 Å². The van der Waals surface area contributed by atoms with E-state index < -0.39 is 34.6 Å². The van der Waals surface area contributed by atoms with E-state index in [0.717, 1.165) is 0 Å². The van der Waals surface area contributed by atoms with Gasteiger partial charge in [-0.05, 0) is 12.1 Å². The highest BCUT2D eigenvalue weighted by Gasteiger charge is 2.22. The highest BCUT2D eigenvalue weighted by molar-refractivity contribution is 5.40. The molecular weight excluding hydrogens is 238 g/mol. The van der Waals surface area contributed by atoms with Gasteiger partial charge in [0, 0.05) is 11.1 Å².